The Balaban J connectivity index is 1.70. The van der Waals surface area contributed by atoms with Gasteiger partial charge in [-0.05, 0) is 19.8 Å². The average molecular weight is 319 g/mol. The van der Waals surface area contributed by atoms with Crippen LogP contribution in [0.3, 0.4) is 0 Å². The van der Waals surface area contributed by atoms with Gasteiger partial charge >= 0.3 is 0 Å². The van der Waals surface area contributed by atoms with Crippen LogP contribution in [0.15, 0.2) is 8.68 Å². The molecule has 0 aliphatic rings. The van der Waals surface area contributed by atoms with Gasteiger partial charge in [-0.1, -0.05) is 53.1 Å². The van der Waals surface area contributed by atoms with E-state index in [2.05, 4.69) is 27.3 Å². The first kappa shape index (κ1) is 14.2. The SMILES string of the molecule is Cc1nnc(SCC(C)CSc2nnc(C)s2)s1. The van der Waals surface area contributed by atoms with Crippen LogP contribution in [0.25, 0.3) is 0 Å². The third kappa shape index (κ3) is 4.49. The molecule has 0 N–H and O–H groups in total. The Labute approximate surface area is 123 Å². The highest BCUT2D eigenvalue weighted by atomic mass is 32.2. The van der Waals surface area contributed by atoms with Crippen molar-refractivity contribution >= 4 is 46.2 Å². The van der Waals surface area contributed by atoms with E-state index in [1.165, 1.54) is 0 Å². The Hall–Kier alpha value is -0.180. The van der Waals surface area contributed by atoms with Gasteiger partial charge in [0.25, 0.3) is 0 Å². The van der Waals surface area contributed by atoms with E-state index >= 15 is 0 Å². The summed E-state index contributed by atoms with van der Waals surface area (Å²) in [7, 11) is 0. The zero-order valence-electron chi connectivity index (χ0n) is 10.4. The molecule has 2 aromatic heterocycles. The summed E-state index contributed by atoms with van der Waals surface area (Å²) < 4.78 is 2.13. The molecule has 0 radical (unpaired) electrons. The van der Waals surface area contributed by atoms with Crippen molar-refractivity contribution in [3.63, 3.8) is 0 Å². The van der Waals surface area contributed by atoms with Gasteiger partial charge in [-0.15, -0.1) is 20.4 Å². The number of nitrogens with zero attached hydrogens (tertiary/aromatic N) is 4. The number of thioether (sulfide) groups is 2. The molecule has 2 heterocycles. The van der Waals surface area contributed by atoms with Crippen molar-refractivity contribution in [1.29, 1.82) is 0 Å². The molecule has 8 heteroatoms. The second-order valence-corrected chi connectivity index (χ2v) is 8.80. The molecule has 0 spiro atoms. The zero-order valence-corrected chi connectivity index (χ0v) is 13.7. The fraction of sp³-hybridized carbons (Fsp3) is 0.600. The molecule has 4 nitrogen and oxygen atoms in total. The Kier molecular flexibility index (Phi) is 5.40. The van der Waals surface area contributed by atoms with Gasteiger partial charge in [-0.25, -0.2) is 0 Å². The minimum atomic E-state index is 0.619. The van der Waals surface area contributed by atoms with Crippen LogP contribution in [0.2, 0.25) is 0 Å². The van der Waals surface area contributed by atoms with E-state index in [-0.39, 0.29) is 0 Å². The first-order chi connectivity index (χ1) is 8.63. The molecule has 0 saturated carbocycles. The molecule has 0 aromatic carbocycles. The molecule has 98 valence electrons. The number of rotatable bonds is 6. The standard InChI is InChI=1S/C10H14N4S4/c1-6(4-15-9-13-11-7(2)17-9)5-16-10-14-12-8(3)18-10/h6H,4-5H2,1-3H3. The van der Waals surface area contributed by atoms with Gasteiger partial charge in [-0.2, -0.15) is 0 Å². The van der Waals surface area contributed by atoms with Gasteiger partial charge in [-0.3, -0.25) is 0 Å². The summed E-state index contributed by atoms with van der Waals surface area (Å²) in [5, 5.41) is 18.3. The molecule has 0 fully saturated rings. The highest BCUT2D eigenvalue weighted by Crippen LogP contribution is 2.28. The molecule has 2 aromatic rings. The molecule has 0 bridgehead atoms. The first-order valence-corrected chi connectivity index (χ1v) is 9.09. The Morgan fingerprint density at radius 1 is 0.889 bits per heavy atom. The predicted octanol–water partition coefficient (Wildman–Crippen LogP) is 3.53. The van der Waals surface area contributed by atoms with Crippen molar-refractivity contribution in [1.82, 2.24) is 20.4 Å². The lowest BCUT2D eigenvalue weighted by Crippen LogP contribution is -2.01. The third-order valence-corrected chi connectivity index (χ3v) is 6.60. The summed E-state index contributed by atoms with van der Waals surface area (Å²) in [6, 6.07) is 0. The number of hydrogen-bond acceptors (Lipinski definition) is 8. The molecule has 0 amide bonds. The third-order valence-electron chi connectivity index (χ3n) is 2.00. The summed E-state index contributed by atoms with van der Waals surface area (Å²) >= 11 is 6.90. The van der Waals surface area contributed by atoms with Crippen LogP contribution in [-0.2, 0) is 0 Å². The second kappa shape index (κ2) is 6.83. The van der Waals surface area contributed by atoms with Crippen LogP contribution in [0.1, 0.15) is 16.9 Å². The first-order valence-electron chi connectivity index (χ1n) is 5.49. The molecule has 0 atom stereocenters. The van der Waals surface area contributed by atoms with Crippen LogP contribution in [-0.4, -0.2) is 31.9 Å². The molecule has 0 aliphatic carbocycles. The Morgan fingerprint density at radius 3 is 1.67 bits per heavy atom. The van der Waals surface area contributed by atoms with Gasteiger partial charge in [0, 0.05) is 11.5 Å². The Bertz CT molecular complexity index is 451. The fourth-order valence-corrected chi connectivity index (χ4v) is 5.02. The number of aryl methyl sites for hydroxylation is 2. The largest absolute Gasteiger partial charge is 0.174 e. The van der Waals surface area contributed by atoms with Crippen LogP contribution in [0.5, 0.6) is 0 Å². The van der Waals surface area contributed by atoms with Crippen LogP contribution in [0, 0.1) is 19.8 Å². The minimum Gasteiger partial charge on any atom is -0.143 e. The monoisotopic (exact) mass is 318 g/mol. The van der Waals surface area contributed by atoms with Crippen LogP contribution in [0.4, 0.5) is 0 Å². The highest BCUT2D eigenvalue weighted by molar-refractivity contribution is 8.01. The van der Waals surface area contributed by atoms with Crippen molar-refractivity contribution in [2.24, 2.45) is 5.92 Å². The predicted molar refractivity (Wildman–Crippen MR) is 79.9 cm³/mol. The lowest BCUT2D eigenvalue weighted by molar-refractivity contribution is 0.762. The number of hydrogen-bond donors (Lipinski definition) is 0. The van der Waals surface area contributed by atoms with E-state index in [1.54, 1.807) is 46.2 Å². The summed E-state index contributed by atoms with van der Waals surface area (Å²) in [5.74, 6) is 2.76. The van der Waals surface area contributed by atoms with Gasteiger partial charge in [0.15, 0.2) is 8.68 Å². The zero-order chi connectivity index (χ0) is 13.0. The van der Waals surface area contributed by atoms with Gasteiger partial charge < -0.3 is 0 Å². The summed E-state index contributed by atoms with van der Waals surface area (Å²) in [6.45, 7) is 6.22. The van der Waals surface area contributed by atoms with Gasteiger partial charge in [0.2, 0.25) is 0 Å². The van der Waals surface area contributed by atoms with E-state index < -0.39 is 0 Å². The fourth-order valence-electron chi connectivity index (χ4n) is 1.15. The molecule has 0 aliphatic heterocycles. The van der Waals surface area contributed by atoms with E-state index in [4.69, 9.17) is 0 Å². The van der Waals surface area contributed by atoms with Gasteiger partial charge in [0.05, 0.1) is 0 Å². The molecule has 2 rings (SSSR count). The molecule has 0 saturated heterocycles. The highest BCUT2D eigenvalue weighted by Gasteiger charge is 2.09. The van der Waals surface area contributed by atoms with Crippen molar-refractivity contribution in [3.8, 4) is 0 Å². The topological polar surface area (TPSA) is 51.6 Å². The van der Waals surface area contributed by atoms with E-state index in [9.17, 15) is 0 Å². The van der Waals surface area contributed by atoms with Crippen LogP contribution >= 0.6 is 46.2 Å². The van der Waals surface area contributed by atoms with E-state index in [0.29, 0.717) is 5.92 Å². The molecule has 0 unspecified atom stereocenters. The average Bonchev–Trinajstić information content (AvgIpc) is 2.93. The molecular weight excluding hydrogens is 304 g/mol. The lowest BCUT2D eigenvalue weighted by atomic mass is 10.3. The normalized spacial score (nSPS) is 11.3. The summed E-state index contributed by atoms with van der Waals surface area (Å²) in [5.41, 5.74) is 0. The van der Waals surface area contributed by atoms with Crippen molar-refractivity contribution in [3.05, 3.63) is 10.0 Å². The van der Waals surface area contributed by atoms with Crippen molar-refractivity contribution in [2.75, 3.05) is 11.5 Å². The maximum atomic E-state index is 4.11. The summed E-state index contributed by atoms with van der Waals surface area (Å²) in [4.78, 5) is 0. The van der Waals surface area contributed by atoms with E-state index in [0.717, 1.165) is 30.2 Å². The van der Waals surface area contributed by atoms with E-state index in [1.807, 2.05) is 13.8 Å². The molecular formula is C10H14N4S4. The maximum Gasteiger partial charge on any atom is 0.174 e. The maximum absolute atomic E-state index is 4.11. The van der Waals surface area contributed by atoms with Crippen LogP contribution < -0.4 is 0 Å². The van der Waals surface area contributed by atoms with Crippen molar-refractivity contribution in [2.45, 2.75) is 29.5 Å². The molecule has 18 heavy (non-hydrogen) atoms. The quantitative estimate of drug-likeness (QED) is 0.760. The minimum absolute atomic E-state index is 0.619. The Morgan fingerprint density at radius 2 is 1.33 bits per heavy atom. The summed E-state index contributed by atoms with van der Waals surface area (Å²) in [6.07, 6.45) is 0. The smallest absolute Gasteiger partial charge is 0.143 e. The number of aromatic nitrogens is 4. The second-order valence-electron chi connectivity index (χ2n) is 3.90. The van der Waals surface area contributed by atoms with Crippen molar-refractivity contribution < 1.29 is 0 Å². The van der Waals surface area contributed by atoms with Gasteiger partial charge in [0.1, 0.15) is 10.0 Å². The lowest BCUT2D eigenvalue weighted by Gasteiger charge is -2.07.